The molecule has 122 valence electrons. The number of nitrogens with zero attached hydrogens (tertiary/aromatic N) is 4. The van der Waals surface area contributed by atoms with Gasteiger partial charge in [-0.05, 0) is 13.1 Å². The van der Waals surface area contributed by atoms with Crippen molar-refractivity contribution in [2.75, 3.05) is 53.4 Å². The molecule has 3 heterocycles. The molecule has 2 aliphatic rings. The van der Waals surface area contributed by atoms with Crippen LogP contribution in [0.4, 0.5) is 0 Å². The number of hydrogen-bond donors (Lipinski definition) is 1. The number of aromatic nitrogens is 2. The third-order valence-electron chi connectivity index (χ3n) is 4.55. The first-order valence-corrected chi connectivity index (χ1v) is 7.94. The molecule has 2 aliphatic heterocycles. The highest BCUT2D eigenvalue weighted by atomic mass is 16.5. The average molecular weight is 307 g/mol. The second-order valence-electron chi connectivity index (χ2n) is 6.17. The molecule has 1 fully saturated rings. The number of amides is 1. The summed E-state index contributed by atoms with van der Waals surface area (Å²) in [7, 11) is 3.86. The third kappa shape index (κ3) is 3.48. The van der Waals surface area contributed by atoms with E-state index in [2.05, 4.69) is 27.3 Å². The first-order chi connectivity index (χ1) is 10.7. The van der Waals surface area contributed by atoms with Crippen molar-refractivity contribution in [1.29, 1.82) is 0 Å². The number of nitrogens with one attached hydrogen (secondary N) is 1. The van der Waals surface area contributed by atoms with Crippen LogP contribution < -0.4 is 5.32 Å². The van der Waals surface area contributed by atoms with Gasteiger partial charge in [-0.2, -0.15) is 5.10 Å². The van der Waals surface area contributed by atoms with E-state index in [0.717, 1.165) is 51.4 Å². The van der Waals surface area contributed by atoms with Gasteiger partial charge in [-0.25, -0.2) is 0 Å². The highest BCUT2D eigenvalue weighted by Gasteiger charge is 2.24. The Morgan fingerprint density at radius 2 is 2.18 bits per heavy atom. The maximum atomic E-state index is 12.2. The van der Waals surface area contributed by atoms with Gasteiger partial charge >= 0.3 is 0 Å². The molecule has 0 unspecified atom stereocenters. The lowest BCUT2D eigenvalue weighted by atomic mass is 10.2. The second kappa shape index (κ2) is 6.76. The van der Waals surface area contributed by atoms with E-state index < -0.39 is 0 Å². The predicted molar refractivity (Wildman–Crippen MR) is 83.0 cm³/mol. The topological polar surface area (TPSA) is 62.6 Å². The minimum atomic E-state index is -0.0787. The van der Waals surface area contributed by atoms with Crippen molar-refractivity contribution in [2.24, 2.45) is 0 Å². The van der Waals surface area contributed by atoms with E-state index in [1.54, 1.807) is 7.11 Å². The highest BCUT2D eigenvalue weighted by molar-refractivity contribution is 5.92. The van der Waals surface area contributed by atoms with Gasteiger partial charge in [-0.3, -0.25) is 14.4 Å². The van der Waals surface area contributed by atoms with E-state index in [0.29, 0.717) is 12.2 Å². The number of rotatable bonds is 5. The Morgan fingerprint density at radius 1 is 1.41 bits per heavy atom. The van der Waals surface area contributed by atoms with Gasteiger partial charge in [0, 0.05) is 58.5 Å². The lowest BCUT2D eigenvalue weighted by Gasteiger charge is -2.32. The summed E-state index contributed by atoms with van der Waals surface area (Å²) in [6.07, 6.45) is 1.02. The molecule has 1 amide bonds. The SMILES string of the molecule is CO[C@H]1Cc2cc(C(=O)NCCN3CCN(C)CC3)nn2C1. The molecule has 3 rings (SSSR count). The van der Waals surface area contributed by atoms with Crippen LogP contribution >= 0.6 is 0 Å². The molecule has 0 bridgehead atoms. The Balaban J connectivity index is 1.43. The van der Waals surface area contributed by atoms with Crippen LogP contribution in [-0.2, 0) is 17.7 Å². The molecule has 7 nitrogen and oxygen atoms in total. The van der Waals surface area contributed by atoms with E-state index in [1.807, 2.05) is 10.7 Å². The molecule has 1 atom stereocenters. The van der Waals surface area contributed by atoms with Crippen molar-refractivity contribution in [3.63, 3.8) is 0 Å². The fourth-order valence-electron chi connectivity index (χ4n) is 3.03. The molecule has 1 saturated heterocycles. The van der Waals surface area contributed by atoms with Gasteiger partial charge in [-0.1, -0.05) is 0 Å². The molecule has 1 N–H and O–H groups in total. The molecule has 0 aromatic carbocycles. The zero-order valence-corrected chi connectivity index (χ0v) is 13.4. The lowest BCUT2D eigenvalue weighted by molar-refractivity contribution is 0.0925. The van der Waals surface area contributed by atoms with Gasteiger partial charge in [0.15, 0.2) is 0 Å². The van der Waals surface area contributed by atoms with E-state index in [1.165, 1.54) is 0 Å². The van der Waals surface area contributed by atoms with Crippen LogP contribution in [0.25, 0.3) is 0 Å². The molecule has 0 aliphatic carbocycles. The Labute approximate surface area is 131 Å². The number of ether oxygens (including phenoxy) is 1. The molecule has 0 spiro atoms. The molecular weight excluding hydrogens is 282 g/mol. The maximum Gasteiger partial charge on any atom is 0.271 e. The number of hydrogen-bond acceptors (Lipinski definition) is 5. The number of carbonyl (C=O) groups excluding carboxylic acids is 1. The predicted octanol–water partition coefficient (Wildman–Crippen LogP) is -0.569. The minimum Gasteiger partial charge on any atom is -0.379 e. The van der Waals surface area contributed by atoms with Gasteiger partial charge in [-0.15, -0.1) is 0 Å². The average Bonchev–Trinajstić information content (AvgIpc) is 3.07. The summed E-state index contributed by atoms with van der Waals surface area (Å²) in [4.78, 5) is 16.9. The van der Waals surface area contributed by atoms with Crippen molar-refractivity contribution < 1.29 is 9.53 Å². The first kappa shape index (κ1) is 15.5. The van der Waals surface area contributed by atoms with Gasteiger partial charge in [0.1, 0.15) is 5.69 Å². The quantitative estimate of drug-likeness (QED) is 0.789. The third-order valence-corrected chi connectivity index (χ3v) is 4.55. The van der Waals surface area contributed by atoms with Crippen LogP contribution in [0, 0.1) is 0 Å². The monoisotopic (exact) mass is 307 g/mol. The fraction of sp³-hybridized carbons (Fsp3) is 0.733. The molecule has 1 aromatic heterocycles. The smallest absolute Gasteiger partial charge is 0.271 e. The second-order valence-corrected chi connectivity index (χ2v) is 6.17. The summed E-state index contributed by atoms with van der Waals surface area (Å²) < 4.78 is 7.20. The molecule has 22 heavy (non-hydrogen) atoms. The van der Waals surface area contributed by atoms with Gasteiger partial charge < -0.3 is 15.0 Å². The van der Waals surface area contributed by atoms with Crippen LogP contribution in [0.1, 0.15) is 16.2 Å². The van der Waals surface area contributed by atoms with Crippen molar-refractivity contribution in [1.82, 2.24) is 24.9 Å². The minimum absolute atomic E-state index is 0.0787. The summed E-state index contributed by atoms with van der Waals surface area (Å²) in [5.41, 5.74) is 1.60. The van der Waals surface area contributed by atoms with Crippen LogP contribution in [-0.4, -0.2) is 85.0 Å². The summed E-state index contributed by atoms with van der Waals surface area (Å²) >= 11 is 0. The maximum absolute atomic E-state index is 12.2. The van der Waals surface area contributed by atoms with Gasteiger partial charge in [0.25, 0.3) is 5.91 Å². The number of piperazine rings is 1. The molecule has 0 saturated carbocycles. The molecule has 1 aromatic rings. The van der Waals surface area contributed by atoms with Crippen molar-refractivity contribution in [3.05, 3.63) is 17.5 Å². The zero-order chi connectivity index (χ0) is 15.5. The molecule has 7 heteroatoms. The zero-order valence-electron chi connectivity index (χ0n) is 13.4. The largest absolute Gasteiger partial charge is 0.379 e. The van der Waals surface area contributed by atoms with Crippen LogP contribution in [0.15, 0.2) is 6.07 Å². The van der Waals surface area contributed by atoms with Crippen LogP contribution in [0.2, 0.25) is 0 Å². The van der Waals surface area contributed by atoms with Crippen molar-refractivity contribution >= 4 is 5.91 Å². The van der Waals surface area contributed by atoms with E-state index >= 15 is 0 Å². The van der Waals surface area contributed by atoms with E-state index in [4.69, 9.17) is 4.74 Å². The van der Waals surface area contributed by atoms with Gasteiger partial charge in [0.2, 0.25) is 0 Å². The molecule has 0 radical (unpaired) electrons. The number of methoxy groups -OCH3 is 1. The standard InChI is InChI=1S/C15H25N5O2/c1-18-5-7-19(8-6-18)4-3-16-15(21)14-10-12-9-13(22-2)11-20(12)17-14/h10,13H,3-9,11H2,1-2H3,(H,16,21)/t13-/m0/s1. The van der Waals surface area contributed by atoms with Crippen molar-refractivity contribution in [2.45, 2.75) is 19.1 Å². The summed E-state index contributed by atoms with van der Waals surface area (Å²) in [6.45, 7) is 6.66. The summed E-state index contributed by atoms with van der Waals surface area (Å²) in [5.74, 6) is -0.0787. The van der Waals surface area contributed by atoms with Crippen molar-refractivity contribution in [3.8, 4) is 0 Å². The van der Waals surface area contributed by atoms with Gasteiger partial charge in [0.05, 0.1) is 12.6 Å². The normalized spacial score (nSPS) is 22.7. The lowest BCUT2D eigenvalue weighted by Crippen LogP contribution is -2.46. The Kier molecular flexibility index (Phi) is 4.75. The van der Waals surface area contributed by atoms with E-state index in [9.17, 15) is 4.79 Å². The Hall–Kier alpha value is -1.44. The number of fused-ring (bicyclic) bond motifs is 1. The van der Waals surface area contributed by atoms with Crippen LogP contribution in [0.3, 0.4) is 0 Å². The van der Waals surface area contributed by atoms with E-state index in [-0.39, 0.29) is 12.0 Å². The summed E-state index contributed by atoms with van der Waals surface area (Å²) in [6, 6.07) is 1.88. The summed E-state index contributed by atoms with van der Waals surface area (Å²) in [5, 5.41) is 7.34. The molecular formula is C15H25N5O2. The highest BCUT2D eigenvalue weighted by Crippen LogP contribution is 2.17. The number of carbonyl (C=O) groups is 1. The Morgan fingerprint density at radius 3 is 2.86 bits per heavy atom. The van der Waals surface area contributed by atoms with Crippen LogP contribution in [0.5, 0.6) is 0 Å². The first-order valence-electron chi connectivity index (χ1n) is 7.94. The number of likely N-dealkylation sites (N-methyl/N-ethyl adjacent to an activating group) is 1. The fourth-order valence-corrected chi connectivity index (χ4v) is 3.03. The Bertz CT molecular complexity index is 499.